The fraction of sp³-hybridized carbons (Fsp3) is 0.135. The first-order valence-corrected chi connectivity index (χ1v) is 20.6. The largest absolute Gasteiger partial charge is 0.417 e. The molecule has 8 heteroatoms. The van der Waals surface area contributed by atoms with E-state index in [-0.39, 0.29) is 6.98 Å². The molecule has 1 aliphatic heterocycles. The van der Waals surface area contributed by atoms with Crippen molar-refractivity contribution in [3.8, 4) is 22.8 Å². The van der Waals surface area contributed by atoms with Gasteiger partial charge >= 0.3 is 6.98 Å². The van der Waals surface area contributed by atoms with Crippen LogP contribution in [0.2, 0.25) is 0 Å². The molecular formula is C52H46BN7. The number of rotatable bonds is 9. The van der Waals surface area contributed by atoms with Crippen molar-refractivity contribution in [2.24, 2.45) is 0 Å². The van der Waals surface area contributed by atoms with Crippen LogP contribution < -0.4 is 10.3 Å². The van der Waals surface area contributed by atoms with Crippen molar-refractivity contribution < 1.29 is 0 Å². The molecule has 60 heavy (non-hydrogen) atoms. The predicted molar refractivity (Wildman–Crippen MR) is 244 cm³/mol. The first-order valence-electron chi connectivity index (χ1n) is 20.6. The van der Waals surface area contributed by atoms with Gasteiger partial charge in [0.2, 0.25) is 0 Å². The number of benzene rings is 6. The van der Waals surface area contributed by atoms with Gasteiger partial charge in [0.25, 0.3) is 0 Å². The third kappa shape index (κ3) is 5.77. The number of imidazole rings is 3. The Labute approximate surface area is 352 Å². The number of anilines is 1. The lowest BCUT2D eigenvalue weighted by Crippen LogP contribution is -2.56. The molecule has 0 saturated carbocycles. The highest BCUT2D eigenvalue weighted by Gasteiger charge is 2.44. The van der Waals surface area contributed by atoms with E-state index < -0.39 is 10.8 Å². The molecule has 1 unspecified atom stereocenters. The van der Waals surface area contributed by atoms with E-state index in [1.165, 1.54) is 16.6 Å². The van der Waals surface area contributed by atoms with Crippen LogP contribution in [-0.4, -0.2) is 42.6 Å². The van der Waals surface area contributed by atoms with E-state index in [1.54, 1.807) is 0 Å². The summed E-state index contributed by atoms with van der Waals surface area (Å²) in [6, 6.07) is 55.9. The summed E-state index contributed by atoms with van der Waals surface area (Å²) in [5.74, 6) is 2.74. The average molecular weight is 780 g/mol. The van der Waals surface area contributed by atoms with Gasteiger partial charge in [-0.05, 0) is 93.3 Å². The maximum atomic E-state index is 5.79. The molecule has 2 atom stereocenters. The van der Waals surface area contributed by atoms with Gasteiger partial charge in [-0.2, -0.15) is 0 Å². The molecule has 0 radical (unpaired) electrons. The number of aromatic nitrogens is 6. The molecule has 7 nitrogen and oxygen atoms in total. The highest BCUT2D eigenvalue weighted by molar-refractivity contribution is 6.77. The van der Waals surface area contributed by atoms with Gasteiger partial charge in [-0.15, -0.1) is 0 Å². The Hall–Kier alpha value is -7.19. The zero-order valence-electron chi connectivity index (χ0n) is 34.6. The first kappa shape index (κ1) is 37.1. The van der Waals surface area contributed by atoms with Crippen molar-refractivity contribution in [1.82, 2.24) is 28.6 Å². The summed E-state index contributed by atoms with van der Waals surface area (Å²) < 4.78 is 6.82. The Bertz CT molecular complexity index is 2930. The molecule has 0 spiro atoms. The summed E-state index contributed by atoms with van der Waals surface area (Å²) >= 11 is 0. The monoisotopic (exact) mass is 779 g/mol. The van der Waals surface area contributed by atoms with E-state index in [2.05, 4.69) is 223 Å². The first-order chi connectivity index (χ1) is 29.3. The van der Waals surface area contributed by atoms with Crippen LogP contribution in [0.5, 0.6) is 0 Å². The van der Waals surface area contributed by atoms with Gasteiger partial charge in [-0.1, -0.05) is 132 Å². The molecule has 0 amide bonds. The van der Waals surface area contributed by atoms with Crippen molar-refractivity contribution in [1.29, 1.82) is 0 Å². The van der Waals surface area contributed by atoms with Crippen molar-refractivity contribution in [3.63, 3.8) is 0 Å². The molecule has 10 rings (SSSR count). The summed E-state index contributed by atoms with van der Waals surface area (Å²) in [5.41, 5.74) is 11.0. The van der Waals surface area contributed by atoms with Gasteiger partial charge in [0.15, 0.2) is 0 Å². The summed E-state index contributed by atoms with van der Waals surface area (Å²) in [6.07, 6.45) is 10.2. The molecule has 1 aliphatic rings. The fourth-order valence-corrected chi connectivity index (χ4v) is 9.54. The van der Waals surface area contributed by atoms with E-state index in [4.69, 9.17) is 15.0 Å². The van der Waals surface area contributed by atoms with E-state index >= 15 is 0 Å². The highest BCUT2D eigenvalue weighted by atomic mass is 15.2. The number of nitrogens with zero attached hydrogens (tertiary/aromatic N) is 7. The van der Waals surface area contributed by atoms with Crippen LogP contribution in [0, 0.1) is 13.8 Å². The summed E-state index contributed by atoms with van der Waals surface area (Å²) in [5, 5.41) is 0. The fourth-order valence-electron chi connectivity index (χ4n) is 9.54. The number of hydrogen-bond donors (Lipinski definition) is 0. The van der Waals surface area contributed by atoms with E-state index in [0.717, 1.165) is 62.5 Å². The van der Waals surface area contributed by atoms with Crippen LogP contribution in [0.3, 0.4) is 0 Å². The maximum absolute atomic E-state index is 5.79. The quantitative estimate of drug-likeness (QED) is 0.137. The molecule has 6 aromatic carbocycles. The molecule has 0 fully saturated rings. The molecule has 9 aromatic rings. The summed E-state index contributed by atoms with van der Waals surface area (Å²) in [4.78, 5) is 18.4. The number of aryl methyl sites for hydroxylation is 2. The van der Waals surface area contributed by atoms with Crippen LogP contribution in [0.1, 0.15) is 59.0 Å². The molecule has 4 heterocycles. The molecular weight excluding hydrogens is 733 g/mol. The van der Waals surface area contributed by atoms with Crippen LogP contribution >= 0.6 is 0 Å². The highest BCUT2D eigenvalue weighted by Crippen LogP contribution is 2.46. The predicted octanol–water partition coefficient (Wildman–Crippen LogP) is 9.94. The third-order valence-electron chi connectivity index (χ3n) is 12.8. The SMILES string of the molecule is Cc1cccc(C)c1B1N(C)c2ccc(C(C)(c3ccccc3)c3nccn3-c3ccccc3)cc2-c2nc([C@](C)(c3ccccc3)c3nccn3-c3ccccc3)cn21. The lowest BCUT2D eigenvalue weighted by molar-refractivity contribution is 0.606. The normalized spacial score (nSPS) is 14.3. The summed E-state index contributed by atoms with van der Waals surface area (Å²) in [6.45, 7) is 8.86. The van der Waals surface area contributed by atoms with Crippen molar-refractivity contribution in [3.05, 3.63) is 234 Å². The Kier molecular flexibility index (Phi) is 9.01. The van der Waals surface area contributed by atoms with Crippen LogP contribution in [0.15, 0.2) is 189 Å². The standard InChI is InChI=1S/C52H46BN7/c1-37-19-18-20-38(2)47(37)53-57(5)45-30-29-41(51(3,39-21-10-6-11-22-39)49-54-31-33-58(49)42-25-14-8-15-26-42)35-44(45)48-56-46(36-60(48)53)52(4,40-23-12-7-13-24-40)50-55-32-34-59(50)43-27-16-9-17-28-43/h6-36H,1-5H3/t51?,52-/m0/s1. The van der Waals surface area contributed by atoms with Gasteiger partial charge in [0.05, 0.1) is 16.5 Å². The minimum atomic E-state index is -0.731. The van der Waals surface area contributed by atoms with Crippen molar-refractivity contribution in [2.45, 2.75) is 38.5 Å². The Morgan fingerprint density at radius 3 is 1.58 bits per heavy atom. The van der Waals surface area contributed by atoms with E-state index in [1.807, 2.05) is 18.5 Å². The Balaban J connectivity index is 1.23. The average Bonchev–Trinajstić information content (AvgIpc) is 4.10. The van der Waals surface area contributed by atoms with E-state index in [9.17, 15) is 0 Å². The van der Waals surface area contributed by atoms with Crippen LogP contribution in [-0.2, 0) is 10.8 Å². The molecule has 0 N–H and O–H groups in total. The van der Waals surface area contributed by atoms with Gasteiger partial charge < -0.3 is 18.4 Å². The third-order valence-corrected chi connectivity index (χ3v) is 12.8. The zero-order valence-corrected chi connectivity index (χ0v) is 34.6. The minimum Gasteiger partial charge on any atom is -0.394 e. The molecule has 3 aromatic heterocycles. The molecule has 0 saturated heterocycles. The number of para-hydroxylation sites is 2. The van der Waals surface area contributed by atoms with Crippen LogP contribution in [0.25, 0.3) is 22.8 Å². The Morgan fingerprint density at radius 1 is 0.533 bits per heavy atom. The van der Waals surface area contributed by atoms with Crippen LogP contribution in [0.4, 0.5) is 5.69 Å². The van der Waals surface area contributed by atoms with Gasteiger partial charge in [-0.3, -0.25) is 0 Å². The second kappa shape index (κ2) is 14.6. The molecule has 0 bridgehead atoms. The topological polar surface area (TPSA) is 56.7 Å². The van der Waals surface area contributed by atoms with Crippen molar-refractivity contribution >= 4 is 18.1 Å². The zero-order chi connectivity index (χ0) is 41.0. The van der Waals surface area contributed by atoms with Gasteiger partial charge in [0.1, 0.15) is 17.5 Å². The summed E-state index contributed by atoms with van der Waals surface area (Å²) in [7, 11) is 2.22. The second-order valence-corrected chi connectivity index (χ2v) is 16.3. The lowest BCUT2D eigenvalue weighted by Gasteiger charge is -2.38. The maximum Gasteiger partial charge on any atom is 0.417 e. The second-order valence-electron chi connectivity index (χ2n) is 16.3. The molecule has 0 aliphatic carbocycles. The number of fused-ring (bicyclic) bond motifs is 3. The van der Waals surface area contributed by atoms with E-state index in [0.29, 0.717) is 0 Å². The van der Waals surface area contributed by atoms with Gasteiger partial charge in [-0.25, -0.2) is 15.0 Å². The minimum absolute atomic E-state index is 0.146. The Morgan fingerprint density at radius 2 is 1.03 bits per heavy atom. The molecule has 292 valence electrons. The van der Waals surface area contributed by atoms with Crippen molar-refractivity contribution in [2.75, 3.05) is 11.9 Å². The number of hydrogen-bond acceptors (Lipinski definition) is 4. The smallest absolute Gasteiger partial charge is 0.394 e. The lowest BCUT2D eigenvalue weighted by atomic mass is 9.60. The van der Waals surface area contributed by atoms with Gasteiger partial charge in [0, 0.05) is 53.6 Å².